The van der Waals surface area contributed by atoms with Crippen LogP contribution >= 0.6 is 11.8 Å². The highest BCUT2D eigenvalue weighted by atomic mass is 32.2. The van der Waals surface area contributed by atoms with Crippen LogP contribution in [0.5, 0.6) is 5.75 Å². The fraction of sp³-hybridized carbons (Fsp3) is 0.591. The molecular weight excluding hydrogens is 432 g/mol. The lowest BCUT2D eigenvalue weighted by Crippen LogP contribution is -2.50. The zero-order valence-electron chi connectivity index (χ0n) is 20.5. The van der Waals surface area contributed by atoms with Gasteiger partial charge in [-0.1, -0.05) is 20.8 Å². The standard InChI is InChI=1S/C22H34N4O5S/c1-20(2,3)30-18(27)24-26(19(28)31-21(4,5)6)17-12-23-16-11-14(29-10)15(13-25(16)17)32-22(7,8)9/h11-13H,1-10H3,(H,24,27). The van der Waals surface area contributed by atoms with Crippen LogP contribution in [0, 0.1) is 0 Å². The zero-order valence-corrected chi connectivity index (χ0v) is 21.3. The predicted molar refractivity (Wildman–Crippen MR) is 125 cm³/mol. The van der Waals surface area contributed by atoms with Crippen LogP contribution in [0.15, 0.2) is 23.4 Å². The Bertz CT molecular complexity index is 983. The number of aromatic nitrogens is 2. The number of thioether (sulfide) groups is 1. The van der Waals surface area contributed by atoms with E-state index in [4.69, 9.17) is 14.2 Å². The van der Waals surface area contributed by atoms with Crippen molar-refractivity contribution in [3.05, 3.63) is 18.5 Å². The molecule has 1 N–H and O–H groups in total. The van der Waals surface area contributed by atoms with Crippen molar-refractivity contribution in [2.24, 2.45) is 0 Å². The number of pyridine rings is 1. The van der Waals surface area contributed by atoms with E-state index in [1.807, 2.05) is 6.20 Å². The predicted octanol–water partition coefficient (Wildman–Crippen LogP) is 5.41. The maximum absolute atomic E-state index is 13.0. The number of carbonyl (C=O) groups is 2. The Morgan fingerprint density at radius 2 is 1.62 bits per heavy atom. The molecule has 0 aliphatic heterocycles. The Morgan fingerprint density at radius 3 is 2.12 bits per heavy atom. The van der Waals surface area contributed by atoms with Gasteiger partial charge in [-0.3, -0.25) is 4.40 Å². The molecule has 0 unspecified atom stereocenters. The summed E-state index contributed by atoms with van der Waals surface area (Å²) in [5.74, 6) is 0.956. The Morgan fingerprint density at radius 1 is 1.03 bits per heavy atom. The van der Waals surface area contributed by atoms with E-state index in [-0.39, 0.29) is 4.75 Å². The fourth-order valence-electron chi connectivity index (χ4n) is 2.60. The highest BCUT2D eigenvalue weighted by Crippen LogP contribution is 2.39. The third kappa shape index (κ3) is 7.22. The van der Waals surface area contributed by atoms with Crippen molar-refractivity contribution in [3.63, 3.8) is 0 Å². The molecular formula is C22H34N4O5S. The van der Waals surface area contributed by atoms with Gasteiger partial charge in [0.1, 0.15) is 22.6 Å². The van der Waals surface area contributed by atoms with Gasteiger partial charge in [-0.15, -0.1) is 11.8 Å². The van der Waals surface area contributed by atoms with Crippen molar-refractivity contribution < 1.29 is 23.8 Å². The van der Waals surface area contributed by atoms with E-state index in [9.17, 15) is 9.59 Å². The van der Waals surface area contributed by atoms with Crippen molar-refractivity contribution in [1.82, 2.24) is 14.8 Å². The lowest BCUT2D eigenvalue weighted by atomic mass is 10.2. The van der Waals surface area contributed by atoms with Crippen molar-refractivity contribution >= 4 is 35.4 Å². The van der Waals surface area contributed by atoms with E-state index in [1.165, 1.54) is 6.20 Å². The van der Waals surface area contributed by atoms with E-state index in [1.54, 1.807) is 70.9 Å². The molecule has 2 rings (SSSR count). The summed E-state index contributed by atoms with van der Waals surface area (Å²) in [4.78, 5) is 30.7. The number of fused-ring (bicyclic) bond motifs is 1. The molecule has 0 spiro atoms. The summed E-state index contributed by atoms with van der Waals surface area (Å²) in [6.07, 6.45) is 1.73. The number of methoxy groups -OCH3 is 1. The number of amides is 2. The molecule has 2 heterocycles. The number of anilines is 1. The van der Waals surface area contributed by atoms with Crippen LogP contribution in [0.1, 0.15) is 62.3 Å². The molecule has 2 aromatic heterocycles. The van der Waals surface area contributed by atoms with Gasteiger partial charge in [-0.25, -0.2) is 20.0 Å². The first-order chi connectivity index (χ1) is 14.5. The van der Waals surface area contributed by atoms with Gasteiger partial charge in [-0.2, -0.15) is 5.01 Å². The number of carbonyl (C=O) groups excluding carboxylic acids is 2. The molecule has 0 saturated carbocycles. The molecule has 0 aliphatic carbocycles. The van der Waals surface area contributed by atoms with E-state index >= 15 is 0 Å². The molecule has 0 aliphatic rings. The van der Waals surface area contributed by atoms with Gasteiger partial charge in [-0.05, 0) is 41.5 Å². The first-order valence-electron chi connectivity index (χ1n) is 10.3. The second kappa shape index (κ2) is 9.09. The van der Waals surface area contributed by atoms with Crippen LogP contribution in [-0.4, -0.2) is 44.6 Å². The first-order valence-corrected chi connectivity index (χ1v) is 11.1. The van der Waals surface area contributed by atoms with Crippen LogP contribution in [0.4, 0.5) is 15.4 Å². The van der Waals surface area contributed by atoms with Crippen LogP contribution in [0.25, 0.3) is 5.65 Å². The normalized spacial score (nSPS) is 12.4. The van der Waals surface area contributed by atoms with Gasteiger partial charge in [0.2, 0.25) is 0 Å². The minimum atomic E-state index is -0.795. The molecule has 32 heavy (non-hydrogen) atoms. The summed E-state index contributed by atoms with van der Waals surface area (Å²) in [6.45, 7) is 16.7. The molecule has 0 aromatic carbocycles. The van der Waals surface area contributed by atoms with Crippen molar-refractivity contribution in [2.45, 2.75) is 83.2 Å². The molecule has 2 aromatic rings. The quantitative estimate of drug-likeness (QED) is 0.477. The summed E-state index contributed by atoms with van der Waals surface area (Å²) in [7, 11) is 1.60. The maximum atomic E-state index is 13.0. The van der Waals surface area contributed by atoms with E-state index in [0.29, 0.717) is 17.2 Å². The van der Waals surface area contributed by atoms with Crippen molar-refractivity contribution in [1.29, 1.82) is 0 Å². The zero-order chi connectivity index (χ0) is 24.5. The van der Waals surface area contributed by atoms with Crippen LogP contribution < -0.4 is 15.2 Å². The monoisotopic (exact) mass is 466 g/mol. The van der Waals surface area contributed by atoms with Crippen molar-refractivity contribution in [3.8, 4) is 5.75 Å². The molecule has 0 saturated heterocycles. The number of hydrazine groups is 1. The van der Waals surface area contributed by atoms with Gasteiger partial charge < -0.3 is 14.2 Å². The Balaban J connectivity index is 2.56. The molecule has 10 heteroatoms. The number of ether oxygens (including phenoxy) is 3. The Kier molecular flexibility index (Phi) is 7.28. The number of imidazole rings is 1. The number of nitrogens with one attached hydrogen (secondary N) is 1. The van der Waals surface area contributed by atoms with Gasteiger partial charge in [0.05, 0.1) is 18.2 Å². The molecule has 9 nitrogen and oxygen atoms in total. The summed E-state index contributed by atoms with van der Waals surface area (Å²) < 4.78 is 18.0. The van der Waals surface area contributed by atoms with Crippen LogP contribution in [0.2, 0.25) is 0 Å². The van der Waals surface area contributed by atoms with Gasteiger partial charge in [0, 0.05) is 17.0 Å². The topological polar surface area (TPSA) is 94.4 Å². The lowest BCUT2D eigenvalue weighted by Gasteiger charge is -2.28. The highest BCUT2D eigenvalue weighted by molar-refractivity contribution is 8.00. The SMILES string of the molecule is COc1cc2ncc(N(NC(=O)OC(C)(C)C)C(=O)OC(C)(C)C)n2cc1SC(C)(C)C. The Hall–Kier alpha value is -2.62. The summed E-state index contributed by atoms with van der Waals surface area (Å²) >= 11 is 1.61. The van der Waals surface area contributed by atoms with Gasteiger partial charge in [0.15, 0.2) is 5.82 Å². The number of rotatable bonds is 3. The number of hydrogen-bond acceptors (Lipinski definition) is 7. The highest BCUT2D eigenvalue weighted by Gasteiger charge is 2.30. The number of nitrogens with zero attached hydrogens (tertiary/aromatic N) is 3. The van der Waals surface area contributed by atoms with E-state index in [0.717, 1.165) is 9.90 Å². The van der Waals surface area contributed by atoms with E-state index < -0.39 is 23.4 Å². The molecule has 0 fully saturated rings. The molecule has 178 valence electrons. The van der Waals surface area contributed by atoms with Gasteiger partial charge in [0.25, 0.3) is 0 Å². The Labute approximate surface area is 193 Å². The third-order valence-corrected chi connectivity index (χ3v) is 4.74. The van der Waals surface area contributed by atoms with Crippen LogP contribution in [0.3, 0.4) is 0 Å². The second-order valence-corrected chi connectivity index (χ2v) is 12.1. The second-order valence-electron chi connectivity index (χ2n) is 10.2. The molecule has 0 atom stereocenters. The molecule has 2 amide bonds. The summed E-state index contributed by atoms with van der Waals surface area (Å²) in [6, 6.07) is 1.78. The van der Waals surface area contributed by atoms with Crippen molar-refractivity contribution in [2.75, 3.05) is 12.1 Å². The maximum Gasteiger partial charge on any atom is 0.435 e. The minimum absolute atomic E-state index is 0.0820. The van der Waals surface area contributed by atoms with E-state index in [2.05, 4.69) is 31.2 Å². The number of hydrogen-bond donors (Lipinski definition) is 1. The third-order valence-electron chi connectivity index (χ3n) is 3.60. The average Bonchev–Trinajstić information content (AvgIpc) is 2.96. The lowest BCUT2D eigenvalue weighted by molar-refractivity contribution is 0.0423. The van der Waals surface area contributed by atoms with Gasteiger partial charge >= 0.3 is 12.2 Å². The summed E-state index contributed by atoms with van der Waals surface area (Å²) in [5.41, 5.74) is 1.50. The van der Waals surface area contributed by atoms with Crippen LogP contribution in [-0.2, 0) is 9.47 Å². The average molecular weight is 467 g/mol. The largest absolute Gasteiger partial charge is 0.495 e. The molecule has 0 radical (unpaired) electrons. The smallest absolute Gasteiger partial charge is 0.435 e. The minimum Gasteiger partial charge on any atom is -0.495 e. The summed E-state index contributed by atoms with van der Waals surface area (Å²) in [5, 5.41) is 0.997. The fourth-order valence-corrected chi connectivity index (χ4v) is 3.66. The first kappa shape index (κ1) is 25.6. The molecule has 0 bridgehead atoms.